The Kier molecular flexibility index (Phi) is 5.21. The topological polar surface area (TPSA) is 98.4 Å². The molecular formula is C23H27N5O3. The van der Waals surface area contributed by atoms with E-state index in [-0.39, 0.29) is 36.1 Å². The Balaban J connectivity index is 1.27. The van der Waals surface area contributed by atoms with E-state index in [9.17, 15) is 14.4 Å². The van der Waals surface area contributed by atoms with Crippen LogP contribution in [0.25, 0.3) is 0 Å². The quantitative estimate of drug-likeness (QED) is 0.791. The van der Waals surface area contributed by atoms with Crippen LogP contribution in [0.2, 0.25) is 0 Å². The lowest BCUT2D eigenvalue weighted by Crippen LogP contribution is -2.41. The molecule has 1 aromatic heterocycles. The number of hydrogen-bond acceptors (Lipinski definition) is 4. The summed E-state index contributed by atoms with van der Waals surface area (Å²) in [5.74, 6) is 0.00766. The maximum absolute atomic E-state index is 13.1. The molecule has 0 bridgehead atoms. The Morgan fingerprint density at radius 3 is 2.68 bits per heavy atom. The van der Waals surface area contributed by atoms with Gasteiger partial charge in [0.05, 0.1) is 29.9 Å². The third kappa shape index (κ3) is 3.71. The van der Waals surface area contributed by atoms with E-state index in [1.807, 2.05) is 28.0 Å². The number of H-pyrrole nitrogens is 1. The van der Waals surface area contributed by atoms with Gasteiger partial charge in [0.2, 0.25) is 5.91 Å². The van der Waals surface area contributed by atoms with Crippen molar-refractivity contribution in [2.45, 2.75) is 44.1 Å². The largest absolute Gasteiger partial charge is 0.345 e. The summed E-state index contributed by atoms with van der Waals surface area (Å²) < 4.78 is 0. The van der Waals surface area contributed by atoms with E-state index in [2.05, 4.69) is 15.5 Å². The number of amides is 3. The minimum absolute atomic E-state index is 0.0265. The maximum Gasteiger partial charge on any atom is 0.257 e. The first-order valence-corrected chi connectivity index (χ1v) is 11.1. The van der Waals surface area contributed by atoms with Crippen molar-refractivity contribution in [3.05, 3.63) is 52.8 Å². The Morgan fingerprint density at radius 2 is 1.84 bits per heavy atom. The van der Waals surface area contributed by atoms with Crippen molar-refractivity contribution in [1.82, 2.24) is 25.3 Å². The molecule has 162 valence electrons. The SMILES string of the molecule is O=C1N[C@H](CC(=O)N2CCC[C@@H](c3[nH]ncc3C(=O)N3CCCC3)C2)c2ccccc21. The number of piperidine rings is 1. The van der Waals surface area contributed by atoms with Crippen LogP contribution >= 0.6 is 0 Å². The summed E-state index contributed by atoms with van der Waals surface area (Å²) in [5.41, 5.74) is 3.02. The van der Waals surface area contributed by atoms with Crippen LogP contribution in [0.4, 0.5) is 0 Å². The molecule has 2 aromatic rings. The molecule has 31 heavy (non-hydrogen) atoms. The minimum atomic E-state index is -0.281. The van der Waals surface area contributed by atoms with Crippen LogP contribution in [0, 0.1) is 0 Å². The first kappa shape index (κ1) is 19.8. The normalized spacial score (nSPS) is 23.0. The molecule has 0 saturated carbocycles. The van der Waals surface area contributed by atoms with Crippen LogP contribution in [0.5, 0.6) is 0 Å². The van der Waals surface area contributed by atoms with Gasteiger partial charge in [-0.1, -0.05) is 18.2 Å². The van der Waals surface area contributed by atoms with Crippen molar-refractivity contribution < 1.29 is 14.4 Å². The van der Waals surface area contributed by atoms with Gasteiger partial charge in [-0.05, 0) is 37.3 Å². The highest BCUT2D eigenvalue weighted by molar-refractivity contribution is 5.99. The first-order chi connectivity index (χ1) is 15.1. The van der Waals surface area contributed by atoms with E-state index in [0.29, 0.717) is 24.2 Å². The van der Waals surface area contributed by atoms with Crippen LogP contribution in [-0.4, -0.2) is 63.9 Å². The predicted octanol–water partition coefficient (Wildman–Crippen LogP) is 2.23. The van der Waals surface area contributed by atoms with E-state index in [1.165, 1.54) is 0 Å². The van der Waals surface area contributed by atoms with Crippen molar-refractivity contribution in [3.8, 4) is 0 Å². The summed E-state index contributed by atoms with van der Waals surface area (Å²) in [6, 6.07) is 7.15. The van der Waals surface area contributed by atoms with Crippen LogP contribution < -0.4 is 5.32 Å². The summed E-state index contributed by atoms with van der Waals surface area (Å²) in [4.78, 5) is 41.9. The number of hydrogen-bond donors (Lipinski definition) is 2. The highest BCUT2D eigenvalue weighted by Gasteiger charge is 2.34. The summed E-state index contributed by atoms with van der Waals surface area (Å²) in [7, 11) is 0. The molecule has 8 heteroatoms. The van der Waals surface area contributed by atoms with Crippen molar-refractivity contribution >= 4 is 17.7 Å². The molecular weight excluding hydrogens is 394 g/mol. The standard InChI is InChI=1S/C23H27N5O3/c29-20(12-19-16-7-1-2-8-17(16)22(30)25-19)28-11-5-6-15(14-28)21-18(13-24-26-21)23(31)27-9-3-4-10-27/h1-2,7-8,13,15,19H,3-6,9-12,14H2,(H,24,26)(H,25,30)/t15-,19-/m1/s1. The van der Waals surface area contributed by atoms with Gasteiger partial charge in [0, 0.05) is 37.7 Å². The van der Waals surface area contributed by atoms with E-state index in [4.69, 9.17) is 0 Å². The summed E-state index contributed by atoms with van der Waals surface area (Å²) in [5, 5.41) is 10.1. The number of aromatic amines is 1. The Hall–Kier alpha value is -3.16. The van der Waals surface area contributed by atoms with Crippen LogP contribution in [0.1, 0.15) is 76.0 Å². The van der Waals surface area contributed by atoms with E-state index in [0.717, 1.165) is 50.0 Å². The average Bonchev–Trinajstić information content (AvgIpc) is 3.55. The second-order valence-electron chi connectivity index (χ2n) is 8.69. The number of carbonyl (C=O) groups is 3. The highest BCUT2D eigenvalue weighted by Crippen LogP contribution is 2.32. The Morgan fingerprint density at radius 1 is 1.06 bits per heavy atom. The van der Waals surface area contributed by atoms with Crippen molar-refractivity contribution in [3.63, 3.8) is 0 Å². The fraction of sp³-hybridized carbons (Fsp3) is 0.478. The van der Waals surface area contributed by atoms with Gasteiger partial charge < -0.3 is 15.1 Å². The number of nitrogens with one attached hydrogen (secondary N) is 2. The molecule has 2 N–H and O–H groups in total. The van der Waals surface area contributed by atoms with E-state index < -0.39 is 0 Å². The number of rotatable bonds is 4. The molecule has 0 spiro atoms. The zero-order valence-corrected chi connectivity index (χ0v) is 17.5. The maximum atomic E-state index is 13.1. The van der Waals surface area contributed by atoms with Crippen molar-refractivity contribution in [1.29, 1.82) is 0 Å². The minimum Gasteiger partial charge on any atom is -0.345 e. The molecule has 0 unspecified atom stereocenters. The lowest BCUT2D eigenvalue weighted by atomic mass is 9.91. The van der Waals surface area contributed by atoms with Crippen LogP contribution in [-0.2, 0) is 4.79 Å². The molecule has 2 fully saturated rings. The molecule has 5 rings (SSSR count). The highest BCUT2D eigenvalue weighted by atomic mass is 16.2. The van der Waals surface area contributed by atoms with E-state index in [1.54, 1.807) is 12.3 Å². The molecule has 3 aliphatic rings. The molecule has 8 nitrogen and oxygen atoms in total. The van der Waals surface area contributed by atoms with Gasteiger partial charge in [-0.3, -0.25) is 19.5 Å². The van der Waals surface area contributed by atoms with Gasteiger partial charge in [-0.25, -0.2) is 0 Å². The summed E-state index contributed by atoms with van der Waals surface area (Å²) in [6.45, 7) is 2.85. The van der Waals surface area contributed by atoms with Gasteiger partial charge in [-0.15, -0.1) is 0 Å². The van der Waals surface area contributed by atoms with Gasteiger partial charge in [0.1, 0.15) is 0 Å². The van der Waals surface area contributed by atoms with Gasteiger partial charge in [0.25, 0.3) is 11.8 Å². The van der Waals surface area contributed by atoms with Crippen molar-refractivity contribution in [2.75, 3.05) is 26.2 Å². The van der Waals surface area contributed by atoms with Crippen molar-refractivity contribution in [2.24, 2.45) is 0 Å². The lowest BCUT2D eigenvalue weighted by molar-refractivity contribution is -0.132. The van der Waals surface area contributed by atoms with E-state index >= 15 is 0 Å². The molecule has 3 aliphatic heterocycles. The van der Waals surface area contributed by atoms with Gasteiger partial charge in [-0.2, -0.15) is 5.10 Å². The Bertz CT molecular complexity index is 1010. The van der Waals surface area contributed by atoms with Crippen LogP contribution in [0.3, 0.4) is 0 Å². The molecule has 4 heterocycles. The lowest BCUT2D eigenvalue weighted by Gasteiger charge is -2.33. The first-order valence-electron chi connectivity index (χ1n) is 11.1. The Labute approximate surface area is 181 Å². The number of carbonyl (C=O) groups excluding carboxylic acids is 3. The number of fused-ring (bicyclic) bond motifs is 1. The molecule has 3 amide bonds. The monoisotopic (exact) mass is 421 g/mol. The fourth-order valence-electron chi connectivity index (χ4n) is 5.09. The third-order valence-corrected chi connectivity index (χ3v) is 6.74. The summed E-state index contributed by atoms with van der Waals surface area (Å²) >= 11 is 0. The third-order valence-electron chi connectivity index (χ3n) is 6.74. The van der Waals surface area contributed by atoms with Gasteiger partial charge in [0.15, 0.2) is 0 Å². The molecule has 0 radical (unpaired) electrons. The zero-order valence-electron chi connectivity index (χ0n) is 17.5. The number of aromatic nitrogens is 2. The summed E-state index contributed by atoms with van der Waals surface area (Å²) in [6.07, 6.45) is 5.76. The number of benzene rings is 1. The number of nitrogens with zero attached hydrogens (tertiary/aromatic N) is 3. The zero-order chi connectivity index (χ0) is 21.4. The second kappa shape index (κ2) is 8.17. The molecule has 2 atom stereocenters. The van der Waals surface area contributed by atoms with Gasteiger partial charge >= 0.3 is 0 Å². The molecule has 0 aliphatic carbocycles. The second-order valence-corrected chi connectivity index (χ2v) is 8.69. The fourth-order valence-corrected chi connectivity index (χ4v) is 5.09. The smallest absolute Gasteiger partial charge is 0.257 e. The molecule has 1 aromatic carbocycles. The average molecular weight is 422 g/mol. The predicted molar refractivity (Wildman–Crippen MR) is 114 cm³/mol. The van der Waals surface area contributed by atoms with Crippen LogP contribution in [0.15, 0.2) is 30.5 Å². The number of likely N-dealkylation sites (tertiary alicyclic amines) is 2. The molecule has 2 saturated heterocycles.